The quantitative estimate of drug-likeness (QED) is 0.492. The van der Waals surface area contributed by atoms with Gasteiger partial charge in [0, 0.05) is 29.5 Å². The van der Waals surface area contributed by atoms with E-state index in [0.29, 0.717) is 16.5 Å². The van der Waals surface area contributed by atoms with E-state index in [1.54, 1.807) is 39.2 Å². The standard InChI is InChI=1S/C21H18N2O3/c1-21(2,3)26-20(25)23-14-17(16-13-22-12-11-18(16)23)19(24)10-9-15-7-5-4-6-8-15/h4-8,11-14H,1-3H3. The summed E-state index contributed by atoms with van der Waals surface area (Å²) in [5.41, 5.74) is 0.981. The van der Waals surface area contributed by atoms with Crippen molar-refractivity contribution in [2.75, 3.05) is 0 Å². The number of Topliss-reactive ketones (excluding diaryl/α,β-unsaturated/α-hetero) is 1. The molecule has 0 saturated carbocycles. The zero-order chi connectivity index (χ0) is 18.7. The normalized spacial score (nSPS) is 10.9. The first-order valence-corrected chi connectivity index (χ1v) is 8.15. The van der Waals surface area contributed by atoms with Crippen molar-refractivity contribution >= 4 is 22.8 Å². The lowest BCUT2D eigenvalue weighted by Gasteiger charge is -2.19. The van der Waals surface area contributed by atoms with Crippen molar-refractivity contribution in [2.24, 2.45) is 0 Å². The van der Waals surface area contributed by atoms with Crippen LogP contribution in [0.3, 0.4) is 0 Å². The minimum Gasteiger partial charge on any atom is -0.443 e. The van der Waals surface area contributed by atoms with Crippen LogP contribution in [0.4, 0.5) is 4.79 Å². The van der Waals surface area contributed by atoms with Gasteiger partial charge in [-0.2, -0.15) is 0 Å². The molecule has 0 amide bonds. The maximum Gasteiger partial charge on any atom is 0.419 e. The summed E-state index contributed by atoms with van der Waals surface area (Å²) < 4.78 is 6.73. The molecule has 3 rings (SSSR count). The van der Waals surface area contributed by atoms with Crippen LogP contribution in [0.15, 0.2) is 55.0 Å². The minimum atomic E-state index is -0.641. The van der Waals surface area contributed by atoms with Gasteiger partial charge in [0.25, 0.3) is 0 Å². The molecule has 26 heavy (non-hydrogen) atoms. The number of pyridine rings is 1. The van der Waals surface area contributed by atoms with E-state index in [2.05, 4.69) is 16.8 Å². The lowest BCUT2D eigenvalue weighted by atomic mass is 10.1. The molecule has 5 heteroatoms. The molecular formula is C21H18N2O3. The number of carbonyl (C=O) groups is 2. The van der Waals surface area contributed by atoms with Crippen molar-refractivity contribution in [3.05, 3.63) is 66.1 Å². The number of hydrogen-bond donors (Lipinski definition) is 0. The summed E-state index contributed by atoms with van der Waals surface area (Å²) in [6.07, 6.45) is 4.02. The number of ketones is 1. The fraction of sp³-hybridized carbons (Fsp3) is 0.190. The minimum absolute atomic E-state index is 0.322. The van der Waals surface area contributed by atoms with Crippen LogP contribution in [-0.4, -0.2) is 27.0 Å². The second-order valence-electron chi connectivity index (χ2n) is 6.73. The lowest BCUT2D eigenvalue weighted by Crippen LogP contribution is -2.26. The van der Waals surface area contributed by atoms with E-state index in [1.807, 2.05) is 30.3 Å². The summed E-state index contributed by atoms with van der Waals surface area (Å²) in [4.78, 5) is 29.1. The van der Waals surface area contributed by atoms with Crippen LogP contribution < -0.4 is 0 Å². The zero-order valence-electron chi connectivity index (χ0n) is 14.8. The second-order valence-corrected chi connectivity index (χ2v) is 6.73. The Morgan fingerprint density at radius 1 is 1.12 bits per heavy atom. The molecule has 130 valence electrons. The number of rotatable bonds is 1. The number of ether oxygens (including phenoxy) is 1. The van der Waals surface area contributed by atoms with E-state index in [9.17, 15) is 9.59 Å². The van der Waals surface area contributed by atoms with E-state index >= 15 is 0 Å². The van der Waals surface area contributed by atoms with E-state index in [1.165, 1.54) is 10.8 Å². The van der Waals surface area contributed by atoms with E-state index in [-0.39, 0.29) is 5.78 Å². The van der Waals surface area contributed by atoms with Gasteiger partial charge in [-0.25, -0.2) is 4.79 Å². The second kappa shape index (κ2) is 6.85. The Labute approximate surface area is 151 Å². The van der Waals surface area contributed by atoms with Gasteiger partial charge in [0.05, 0.1) is 11.1 Å². The molecule has 0 radical (unpaired) electrons. The van der Waals surface area contributed by atoms with Crippen LogP contribution in [0.5, 0.6) is 0 Å². The molecule has 2 aromatic heterocycles. The molecule has 0 aliphatic carbocycles. The van der Waals surface area contributed by atoms with Crippen molar-refractivity contribution in [1.82, 2.24) is 9.55 Å². The van der Waals surface area contributed by atoms with Gasteiger partial charge in [-0.15, -0.1) is 0 Å². The Balaban J connectivity index is 2.01. The Morgan fingerprint density at radius 2 is 1.85 bits per heavy atom. The Kier molecular flexibility index (Phi) is 4.59. The highest BCUT2D eigenvalue weighted by Gasteiger charge is 2.22. The van der Waals surface area contributed by atoms with Crippen molar-refractivity contribution in [3.63, 3.8) is 0 Å². The summed E-state index contributed by atoms with van der Waals surface area (Å²) in [6, 6.07) is 10.9. The highest BCUT2D eigenvalue weighted by Crippen LogP contribution is 2.22. The molecule has 2 heterocycles. The topological polar surface area (TPSA) is 61.2 Å². The number of fused-ring (bicyclic) bond motifs is 1. The van der Waals surface area contributed by atoms with Crippen molar-refractivity contribution in [1.29, 1.82) is 0 Å². The highest BCUT2D eigenvalue weighted by molar-refractivity contribution is 6.17. The maximum atomic E-state index is 12.6. The van der Waals surface area contributed by atoms with Gasteiger partial charge in [0.2, 0.25) is 5.78 Å². The van der Waals surface area contributed by atoms with Crippen LogP contribution in [0, 0.1) is 11.8 Å². The molecule has 0 spiro atoms. The fourth-order valence-corrected chi connectivity index (χ4v) is 2.43. The largest absolute Gasteiger partial charge is 0.443 e. The van der Waals surface area contributed by atoms with Crippen molar-refractivity contribution < 1.29 is 14.3 Å². The number of aromatic nitrogens is 2. The molecular weight excluding hydrogens is 328 g/mol. The Hall–Kier alpha value is -3.39. The number of benzene rings is 1. The smallest absolute Gasteiger partial charge is 0.419 e. The van der Waals surface area contributed by atoms with Crippen molar-refractivity contribution in [2.45, 2.75) is 26.4 Å². The molecule has 0 bridgehead atoms. The van der Waals surface area contributed by atoms with Gasteiger partial charge >= 0.3 is 6.09 Å². The average Bonchev–Trinajstić information content (AvgIpc) is 2.99. The third kappa shape index (κ3) is 3.81. The molecule has 0 N–H and O–H groups in total. The van der Waals surface area contributed by atoms with Crippen LogP contribution in [-0.2, 0) is 4.74 Å². The van der Waals surface area contributed by atoms with Crippen LogP contribution in [0.1, 0.15) is 36.7 Å². The van der Waals surface area contributed by atoms with E-state index < -0.39 is 11.7 Å². The Bertz CT molecular complexity index is 1030. The van der Waals surface area contributed by atoms with E-state index in [4.69, 9.17) is 4.74 Å². The number of carbonyl (C=O) groups excluding carboxylic acids is 2. The first-order chi connectivity index (χ1) is 12.3. The molecule has 0 saturated heterocycles. The van der Waals surface area contributed by atoms with E-state index in [0.717, 1.165) is 5.56 Å². The fourth-order valence-electron chi connectivity index (χ4n) is 2.43. The Morgan fingerprint density at radius 3 is 2.54 bits per heavy atom. The summed E-state index contributed by atoms with van der Waals surface area (Å²) in [5, 5.41) is 0.561. The molecule has 5 nitrogen and oxygen atoms in total. The zero-order valence-corrected chi connectivity index (χ0v) is 14.8. The van der Waals surface area contributed by atoms with Gasteiger partial charge in [-0.3, -0.25) is 14.3 Å². The van der Waals surface area contributed by atoms with Crippen molar-refractivity contribution in [3.8, 4) is 11.8 Å². The molecule has 0 aliphatic rings. The molecule has 0 unspecified atom stereocenters. The third-order valence-electron chi connectivity index (χ3n) is 3.53. The number of hydrogen-bond acceptors (Lipinski definition) is 4. The monoisotopic (exact) mass is 346 g/mol. The molecule has 0 fully saturated rings. The van der Waals surface area contributed by atoms with Crippen LogP contribution in [0.2, 0.25) is 0 Å². The van der Waals surface area contributed by atoms with Gasteiger partial charge in [-0.1, -0.05) is 24.1 Å². The molecule has 3 aromatic rings. The first kappa shape index (κ1) is 17.4. The lowest BCUT2D eigenvalue weighted by molar-refractivity contribution is 0.0544. The highest BCUT2D eigenvalue weighted by atomic mass is 16.6. The average molecular weight is 346 g/mol. The SMILES string of the molecule is CC(C)(C)OC(=O)n1cc(C(=O)C#Cc2ccccc2)c2cnccc21. The summed E-state index contributed by atoms with van der Waals surface area (Å²) in [5.74, 6) is 5.08. The predicted octanol–water partition coefficient (Wildman–Crippen LogP) is 4.05. The van der Waals surface area contributed by atoms with Gasteiger partial charge in [0.15, 0.2) is 0 Å². The maximum absolute atomic E-state index is 12.6. The molecule has 0 aliphatic heterocycles. The van der Waals surface area contributed by atoms with Gasteiger partial charge < -0.3 is 4.74 Å². The third-order valence-corrected chi connectivity index (χ3v) is 3.53. The number of nitrogens with zero attached hydrogens (tertiary/aromatic N) is 2. The molecule has 1 aromatic carbocycles. The van der Waals surface area contributed by atoms with Crippen LogP contribution >= 0.6 is 0 Å². The van der Waals surface area contributed by atoms with Gasteiger partial charge in [0.1, 0.15) is 5.60 Å². The van der Waals surface area contributed by atoms with Gasteiger partial charge in [-0.05, 0) is 44.9 Å². The predicted molar refractivity (Wildman–Crippen MR) is 99.0 cm³/mol. The summed E-state index contributed by atoms with van der Waals surface area (Å²) in [6.45, 7) is 5.36. The van der Waals surface area contributed by atoms with Crippen LogP contribution in [0.25, 0.3) is 10.9 Å². The summed E-state index contributed by atoms with van der Waals surface area (Å²) in [7, 11) is 0. The summed E-state index contributed by atoms with van der Waals surface area (Å²) >= 11 is 0. The first-order valence-electron chi connectivity index (χ1n) is 8.15. The molecule has 0 atom stereocenters.